The normalized spacial score (nSPS) is 10.0. The van der Waals surface area contributed by atoms with Gasteiger partial charge < -0.3 is 0 Å². The molecule has 2 aromatic heterocycles. The Morgan fingerprint density at radius 2 is 2.25 bits per heavy atom. The number of aromatic amines is 1. The lowest BCUT2D eigenvalue weighted by Crippen LogP contribution is -2.12. The topological polar surface area (TPSA) is 100 Å². The lowest BCUT2D eigenvalue weighted by Gasteiger charge is -1.99. The van der Waals surface area contributed by atoms with Crippen molar-refractivity contribution in [1.82, 2.24) is 24.7 Å². The molecule has 2 rings (SSSR count). The van der Waals surface area contributed by atoms with Gasteiger partial charge >= 0.3 is 5.69 Å². The van der Waals surface area contributed by atoms with Gasteiger partial charge in [-0.1, -0.05) is 0 Å². The van der Waals surface area contributed by atoms with Crippen molar-refractivity contribution in [1.29, 1.82) is 5.26 Å². The molecule has 0 saturated heterocycles. The lowest BCUT2D eigenvalue weighted by molar-refractivity contribution is 0.764. The number of nitrogens with one attached hydrogen (secondary N) is 1. The van der Waals surface area contributed by atoms with E-state index in [1.807, 2.05) is 6.07 Å². The smallest absolute Gasteiger partial charge is 0.273 e. The monoisotopic (exact) mass is 234 g/mol. The van der Waals surface area contributed by atoms with Crippen molar-refractivity contribution >= 4 is 11.8 Å². The molecule has 0 spiro atoms. The lowest BCUT2D eigenvalue weighted by atomic mass is 10.5. The molecule has 0 atom stereocenters. The maximum absolute atomic E-state index is 11.1. The highest BCUT2D eigenvalue weighted by Crippen LogP contribution is 2.23. The second-order valence-electron chi connectivity index (χ2n) is 2.79. The van der Waals surface area contributed by atoms with Gasteiger partial charge in [-0.25, -0.2) is 19.9 Å². The van der Waals surface area contributed by atoms with E-state index in [0.29, 0.717) is 10.2 Å². The molecule has 0 radical (unpaired) electrons. The summed E-state index contributed by atoms with van der Waals surface area (Å²) < 4.78 is 1.33. The van der Waals surface area contributed by atoms with Gasteiger partial charge in [-0.05, 0) is 11.8 Å². The minimum absolute atomic E-state index is 0.211. The number of aromatic nitrogens is 5. The first-order valence-corrected chi connectivity index (χ1v) is 5.04. The molecule has 0 aliphatic rings. The second-order valence-corrected chi connectivity index (χ2v) is 3.75. The van der Waals surface area contributed by atoms with Crippen molar-refractivity contribution in [2.24, 2.45) is 7.05 Å². The number of hydrogen-bond donors (Lipinski definition) is 1. The number of hydrogen-bond acceptors (Lipinski definition) is 6. The Morgan fingerprint density at radius 3 is 2.88 bits per heavy atom. The number of nitrogens with zero attached hydrogens (tertiary/aromatic N) is 5. The molecule has 0 aromatic carbocycles. The van der Waals surface area contributed by atoms with Gasteiger partial charge in [0.05, 0.1) is 0 Å². The van der Waals surface area contributed by atoms with Gasteiger partial charge in [0.15, 0.2) is 10.9 Å². The highest BCUT2D eigenvalue weighted by Gasteiger charge is 2.11. The standard InChI is InChI=1S/C8H6N6OS/c1-14-7(15)12-13-8(14)16-6-5(4-9)10-2-3-11-6/h2-3H,1H3,(H,12,15). The van der Waals surface area contributed by atoms with Gasteiger partial charge in [0.1, 0.15) is 11.1 Å². The van der Waals surface area contributed by atoms with E-state index < -0.39 is 0 Å². The van der Waals surface area contributed by atoms with E-state index in [1.54, 1.807) is 7.05 Å². The van der Waals surface area contributed by atoms with Crippen LogP contribution in [-0.2, 0) is 7.05 Å². The minimum Gasteiger partial charge on any atom is -0.273 e. The van der Waals surface area contributed by atoms with Gasteiger partial charge in [-0.2, -0.15) is 5.26 Å². The van der Waals surface area contributed by atoms with Crippen LogP contribution in [0, 0.1) is 11.3 Å². The van der Waals surface area contributed by atoms with Crippen molar-refractivity contribution in [3.63, 3.8) is 0 Å². The van der Waals surface area contributed by atoms with Crippen LogP contribution in [0.3, 0.4) is 0 Å². The summed E-state index contributed by atoms with van der Waals surface area (Å²) in [5.41, 5.74) is -0.104. The first-order valence-electron chi connectivity index (χ1n) is 4.22. The number of rotatable bonds is 2. The summed E-state index contributed by atoms with van der Waals surface area (Å²) in [7, 11) is 1.58. The fourth-order valence-electron chi connectivity index (χ4n) is 0.987. The molecule has 0 aliphatic heterocycles. The third kappa shape index (κ3) is 1.80. The summed E-state index contributed by atoms with van der Waals surface area (Å²) in [6.45, 7) is 0. The summed E-state index contributed by atoms with van der Waals surface area (Å²) in [5.74, 6) is 0. The molecule has 2 heterocycles. The Balaban J connectivity index is 2.38. The van der Waals surface area contributed by atoms with Crippen molar-refractivity contribution in [3.05, 3.63) is 28.6 Å². The summed E-state index contributed by atoms with van der Waals surface area (Å²) in [6, 6.07) is 1.92. The zero-order chi connectivity index (χ0) is 11.5. The van der Waals surface area contributed by atoms with Crippen LogP contribution in [-0.4, -0.2) is 24.7 Å². The van der Waals surface area contributed by atoms with Crippen LogP contribution in [0.1, 0.15) is 5.69 Å². The van der Waals surface area contributed by atoms with Crippen LogP contribution in [0.25, 0.3) is 0 Å². The predicted octanol–water partition coefficient (Wildman–Crippen LogP) is -0.0787. The molecule has 0 aliphatic carbocycles. The van der Waals surface area contributed by atoms with E-state index >= 15 is 0 Å². The van der Waals surface area contributed by atoms with E-state index in [0.717, 1.165) is 11.8 Å². The van der Waals surface area contributed by atoms with Gasteiger partial charge in [0, 0.05) is 19.4 Å². The van der Waals surface area contributed by atoms with Crippen LogP contribution in [0.4, 0.5) is 0 Å². The summed E-state index contributed by atoms with van der Waals surface area (Å²) in [4.78, 5) is 19.0. The minimum atomic E-state index is -0.315. The molecule has 2 aromatic rings. The van der Waals surface area contributed by atoms with Gasteiger partial charge in [-0.15, -0.1) is 5.10 Å². The molecule has 0 saturated carbocycles. The molecule has 0 amide bonds. The summed E-state index contributed by atoms with van der Waals surface area (Å²) in [6.07, 6.45) is 2.92. The van der Waals surface area contributed by atoms with Crippen molar-refractivity contribution < 1.29 is 0 Å². The predicted molar refractivity (Wildman–Crippen MR) is 54.7 cm³/mol. The Labute approximate surface area is 94.2 Å². The van der Waals surface area contributed by atoms with Gasteiger partial charge in [0.2, 0.25) is 0 Å². The summed E-state index contributed by atoms with van der Waals surface area (Å²) in [5, 5.41) is 15.8. The van der Waals surface area contributed by atoms with E-state index in [9.17, 15) is 4.79 Å². The largest absolute Gasteiger partial charge is 0.343 e. The zero-order valence-electron chi connectivity index (χ0n) is 8.21. The Bertz CT molecular complexity index is 609. The van der Waals surface area contributed by atoms with Crippen molar-refractivity contribution in [2.75, 3.05) is 0 Å². The quantitative estimate of drug-likeness (QED) is 0.780. The molecule has 16 heavy (non-hydrogen) atoms. The molecule has 8 heteroatoms. The fraction of sp³-hybridized carbons (Fsp3) is 0.125. The fourth-order valence-corrected chi connectivity index (χ4v) is 1.78. The Morgan fingerprint density at radius 1 is 1.50 bits per heavy atom. The SMILES string of the molecule is Cn1c(Sc2nccnc2C#N)n[nH]c1=O. The second kappa shape index (κ2) is 4.16. The van der Waals surface area contributed by atoms with Gasteiger partial charge in [-0.3, -0.25) is 4.57 Å². The Kier molecular flexibility index (Phi) is 2.70. The first kappa shape index (κ1) is 10.4. The third-order valence-electron chi connectivity index (χ3n) is 1.80. The molecule has 7 nitrogen and oxygen atoms in total. The molecule has 0 fully saturated rings. The van der Waals surface area contributed by atoms with Crippen LogP contribution >= 0.6 is 11.8 Å². The van der Waals surface area contributed by atoms with E-state index in [4.69, 9.17) is 5.26 Å². The average Bonchev–Trinajstić information content (AvgIpc) is 2.62. The third-order valence-corrected chi connectivity index (χ3v) is 2.84. The van der Waals surface area contributed by atoms with Crippen LogP contribution in [0.2, 0.25) is 0 Å². The number of nitriles is 1. The van der Waals surface area contributed by atoms with Gasteiger partial charge in [0.25, 0.3) is 0 Å². The molecule has 80 valence electrons. The molecular formula is C8H6N6OS. The van der Waals surface area contributed by atoms with Crippen molar-refractivity contribution in [2.45, 2.75) is 10.2 Å². The van der Waals surface area contributed by atoms with E-state index in [2.05, 4.69) is 20.2 Å². The zero-order valence-corrected chi connectivity index (χ0v) is 9.02. The summed E-state index contributed by atoms with van der Waals surface area (Å²) >= 11 is 1.11. The highest BCUT2D eigenvalue weighted by atomic mass is 32.2. The van der Waals surface area contributed by atoms with E-state index in [-0.39, 0.29) is 11.4 Å². The molecule has 1 N–H and O–H groups in total. The maximum Gasteiger partial charge on any atom is 0.343 e. The molecular weight excluding hydrogens is 228 g/mol. The van der Waals surface area contributed by atoms with E-state index in [1.165, 1.54) is 17.0 Å². The highest BCUT2D eigenvalue weighted by molar-refractivity contribution is 7.99. The first-order chi connectivity index (χ1) is 7.72. The average molecular weight is 234 g/mol. The molecule has 0 bridgehead atoms. The molecule has 0 unspecified atom stereocenters. The van der Waals surface area contributed by atoms with Crippen LogP contribution in [0.15, 0.2) is 27.4 Å². The Hall–Kier alpha value is -2.14. The van der Waals surface area contributed by atoms with Crippen LogP contribution in [0.5, 0.6) is 0 Å². The van der Waals surface area contributed by atoms with Crippen molar-refractivity contribution in [3.8, 4) is 6.07 Å². The maximum atomic E-state index is 11.1. The number of H-pyrrole nitrogens is 1. The van der Waals surface area contributed by atoms with Crippen LogP contribution < -0.4 is 5.69 Å².